The summed E-state index contributed by atoms with van der Waals surface area (Å²) in [6.45, 7) is 6.00. The number of nitrogens with zero attached hydrogens (tertiary/aromatic N) is 4. The number of rotatable bonds is 11. The zero-order valence-corrected chi connectivity index (χ0v) is 16.7. The molecular formula is C17H28N4O4S. The molecule has 0 fully saturated rings. The maximum Gasteiger partial charge on any atom is 0.227 e. The summed E-state index contributed by atoms with van der Waals surface area (Å²) >= 11 is 0. The Morgan fingerprint density at radius 1 is 1.35 bits per heavy atom. The Morgan fingerprint density at radius 3 is 2.73 bits per heavy atom. The van der Waals surface area contributed by atoms with Crippen molar-refractivity contribution in [2.75, 3.05) is 26.5 Å². The topological polar surface area (TPSA) is 90.5 Å². The summed E-state index contributed by atoms with van der Waals surface area (Å²) in [5, 5.41) is 3.82. The molecule has 0 saturated carbocycles. The Morgan fingerprint density at radius 2 is 2.12 bits per heavy atom. The smallest absolute Gasteiger partial charge is 0.227 e. The summed E-state index contributed by atoms with van der Waals surface area (Å²) < 4.78 is 37.4. The maximum absolute atomic E-state index is 12.7. The second kappa shape index (κ2) is 9.29. The molecule has 0 aliphatic heterocycles. The molecule has 9 heteroatoms. The van der Waals surface area contributed by atoms with Gasteiger partial charge >= 0.3 is 0 Å². The van der Waals surface area contributed by atoms with Gasteiger partial charge in [-0.05, 0) is 19.4 Å². The fourth-order valence-corrected chi connectivity index (χ4v) is 4.31. The highest BCUT2D eigenvalue weighted by Gasteiger charge is 2.24. The van der Waals surface area contributed by atoms with Gasteiger partial charge in [-0.3, -0.25) is 4.90 Å². The van der Waals surface area contributed by atoms with E-state index in [4.69, 9.17) is 9.26 Å². The lowest BCUT2D eigenvalue weighted by Crippen LogP contribution is -2.22. The summed E-state index contributed by atoms with van der Waals surface area (Å²) in [7, 11) is 0.0984. The van der Waals surface area contributed by atoms with E-state index in [1.807, 2.05) is 25.8 Å². The van der Waals surface area contributed by atoms with Gasteiger partial charge in [-0.1, -0.05) is 19.0 Å². The highest BCUT2D eigenvalue weighted by molar-refractivity contribution is 7.91. The lowest BCUT2D eigenvalue weighted by Gasteiger charge is -2.17. The van der Waals surface area contributed by atoms with Crippen molar-refractivity contribution in [1.82, 2.24) is 19.6 Å². The number of aromatic nitrogens is 3. The molecule has 0 spiro atoms. The third-order valence-corrected chi connectivity index (χ3v) is 5.67. The molecule has 26 heavy (non-hydrogen) atoms. The Balaban J connectivity index is 2.19. The zero-order chi connectivity index (χ0) is 19.2. The first kappa shape index (κ1) is 20.6. The van der Waals surface area contributed by atoms with Gasteiger partial charge in [0.25, 0.3) is 0 Å². The van der Waals surface area contributed by atoms with Gasteiger partial charge < -0.3 is 13.8 Å². The molecule has 0 unspecified atom stereocenters. The quantitative estimate of drug-likeness (QED) is 0.585. The largest absolute Gasteiger partial charge is 0.383 e. The van der Waals surface area contributed by atoms with Crippen LogP contribution in [-0.4, -0.2) is 54.5 Å². The average Bonchev–Trinajstić information content (AvgIpc) is 3.21. The first-order valence-electron chi connectivity index (χ1n) is 8.67. The van der Waals surface area contributed by atoms with Crippen LogP contribution in [0.3, 0.4) is 0 Å². The Kier molecular flexibility index (Phi) is 7.36. The van der Waals surface area contributed by atoms with Crippen molar-refractivity contribution in [1.29, 1.82) is 0 Å². The number of ether oxygens (including phenoxy) is 1. The van der Waals surface area contributed by atoms with Gasteiger partial charge in [0, 0.05) is 26.3 Å². The molecular weight excluding hydrogens is 356 g/mol. The molecule has 0 aliphatic carbocycles. The second-order valence-electron chi connectivity index (χ2n) is 6.83. The highest BCUT2D eigenvalue weighted by Crippen LogP contribution is 2.17. The standard InChI is InChI=1S/C17H28N4O4S/c1-14(2)6-10-26(22,23)17-18-11-15(21(17)8-9-24-4)12-20(3)13-16-5-7-19-25-16/h5,7,11,14H,6,8-10,12-13H2,1-4H3. The predicted octanol–water partition coefficient (Wildman–Crippen LogP) is 1.97. The van der Waals surface area contributed by atoms with Crippen molar-refractivity contribution < 1.29 is 17.7 Å². The van der Waals surface area contributed by atoms with Crippen LogP contribution in [0.1, 0.15) is 31.7 Å². The van der Waals surface area contributed by atoms with E-state index in [-0.39, 0.29) is 10.9 Å². The minimum Gasteiger partial charge on any atom is -0.383 e. The molecule has 2 aromatic heterocycles. The van der Waals surface area contributed by atoms with E-state index in [0.29, 0.717) is 38.6 Å². The molecule has 2 rings (SSSR count). The molecule has 2 heterocycles. The lowest BCUT2D eigenvalue weighted by molar-refractivity contribution is 0.181. The first-order valence-corrected chi connectivity index (χ1v) is 10.3. The van der Waals surface area contributed by atoms with E-state index in [1.54, 1.807) is 30.1 Å². The molecule has 2 aromatic rings. The second-order valence-corrected chi connectivity index (χ2v) is 8.83. The van der Waals surface area contributed by atoms with Crippen LogP contribution in [0.4, 0.5) is 0 Å². The van der Waals surface area contributed by atoms with Gasteiger partial charge in [0.1, 0.15) is 0 Å². The molecule has 0 N–H and O–H groups in total. The fraction of sp³-hybridized carbons (Fsp3) is 0.647. The highest BCUT2D eigenvalue weighted by atomic mass is 32.2. The third-order valence-electron chi connectivity index (χ3n) is 4.01. The SMILES string of the molecule is COCCn1c(CN(C)Cc2ccno2)cnc1S(=O)(=O)CCC(C)C. The summed E-state index contributed by atoms with van der Waals surface area (Å²) in [6, 6.07) is 1.81. The Bertz CT molecular complexity index is 769. The van der Waals surface area contributed by atoms with E-state index < -0.39 is 9.84 Å². The molecule has 0 radical (unpaired) electrons. The number of sulfone groups is 1. The van der Waals surface area contributed by atoms with Gasteiger partial charge in [-0.2, -0.15) is 0 Å². The third kappa shape index (κ3) is 5.65. The number of hydrogen-bond acceptors (Lipinski definition) is 7. The van der Waals surface area contributed by atoms with Crippen LogP contribution < -0.4 is 0 Å². The number of imidazole rings is 1. The van der Waals surface area contributed by atoms with Crippen LogP contribution in [0, 0.1) is 5.92 Å². The molecule has 0 saturated heterocycles. The monoisotopic (exact) mass is 384 g/mol. The van der Waals surface area contributed by atoms with E-state index in [1.165, 1.54) is 0 Å². The molecule has 0 aromatic carbocycles. The van der Waals surface area contributed by atoms with E-state index in [0.717, 1.165) is 11.5 Å². The van der Waals surface area contributed by atoms with Gasteiger partial charge in [-0.25, -0.2) is 13.4 Å². The fourth-order valence-electron chi connectivity index (χ4n) is 2.59. The molecule has 0 bridgehead atoms. The summed E-state index contributed by atoms with van der Waals surface area (Å²) in [4.78, 5) is 6.24. The summed E-state index contributed by atoms with van der Waals surface area (Å²) in [6.07, 6.45) is 3.85. The van der Waals surface area contributed by atoms with Gasteiger partial charge in [-0.15, -0.1) is 0 Å². The van der Waals surface area contributed by atoms with Crippen molar-refractivity contribution in [3.8, 4) is 0 Å². The summed E-state index contributed by atoms with van der Waals surface area (Å²) in [5.74, 6) is 1.17. The Hall–Kier alpha value is -1.71. The minimum absolute atomic E-state index is 0.0992. The van der Waals surface area contributed by atoms with Gasteiger partial charge in [0.05, 0.1) is 37.0 Å². The van der Waals surface area contributed by atoms with Crippen molar-refractivity contribution in [3.63, 3.8) is 0 Å². The molecule has 0 amide bonds. The van der Waals surface area contributed by atoms with Crippen molar-refractivity contribution in [3.05, 3.63) is 29.9 Å². The van der Waals surface area contributed by atoms with Crippen molar-refractivity contribution in [2.24, 2.45) is 5.92 Å². The molecule has 146 valence electrons. The van der Waals surface area contributed by atoms with Crippen LogP contribution in [0.25, 0.3) is 0 Å². The minimum atomic E-state index is -3.43. The van der Waals surface area contributed by atoms with Crippen molar-refractivity contribution in [2.45, 2.75) is 45.1 Å². The van der Waals surface area contributed by atoms with E-state index in [9.17, 15) is 8.42 Å². The maximum atomic E-state index is 12.7. The zero-order valence-electron chi connectivity index (χ0n) is 15.9. The molecule has 0 aliphatic rings. The number of hydrogen-bond donors (Lipinski definition) is 0. The van der Waals surface area contributed by atoms with Crippen LogP contribution in [0.2, 0.25) is 0 Å². The Labute approximate surface area is 155 Å². The van der Waals surface area contributed by atoms with Crippen LogP contribution in [0.15, 0.2) is 28.1 Å². The lowest BCUT2D eigenvalue weighted by atomic mass is 10.2. The van der Waals surface area contributed by atoms with Crippen molar-refractivity contribution >= 4 is 9.84 Å². The van der Waals surface area contributed by atoms with Crippen LogP contribution in [0.5, 0.6) is 0 Å². The summed E-state index contributed by atoms with van der Waals surface area (Å²) in [5.41, 5.74) is 0.826. The first-order chi connectivity index (χ1) is 12.3. The van der Waals surface area contributed by atoms with E-state index in [2.05, 4.69) is 10.1 Å². The van der Waals surface area contributed by atoms with E-state index >= 15 is 0 Å². The molecule has 0 atom stereocenters. The average molecular weight is 385 g/mol. The normalized spacial score (nSPS) is 12.4. The van der Waals surface area contributed by atoms with Gasteiger partial charge in [0.2, 0.25) is 15.0 Å². The van der Waals surface area contributed by atoms with Crippen LogP contribution in [-0.2, 0) is 34.2 Å². The number of methoxy groups -OCH3 is 1. The molecule has 8 nitrogen and oxygen atoms in total. The van der Waals surface area contributed by atoms with Gasteiger partial charge in [0.15, 0.2) is 5.76 Å². The predicted molar refractivity (Wildman–Crippen MR) is 97.3 cm³/mol. The van der Waals surface area contributed by atoms with Crippen LogP contribution >= 0.6 is 0 Å².